The fourth-order valence-corrected chi connectivity index (χ4v) is 4.07. The molecule has 4 rings (SSSR count). The standard InChI is InChI=1S/C17H23N5O2/c1-10-5-4-6-12(7-10)21-8-11(2)9-22-13-14(18-16(21)22)20(3)17(24)19-15(13)23/h4-7,11,13-14,16,18H,8-9H2,1-3H3,(H,19,23,24). The van der Waals surface area contributed by atoms with Gasteiger partial charge in [-0.1, -0.05) is 19.1 Å². The number of fused-ring (bicyclic) bond motifs is 3. The Morgan fingerprint density at radius 3 is 2.75 bits per heavy atom. The molecule has 4 atom stereocenters. The minimum Gasteiger partial charge on any atom is -0.343 e. The normalized spacial score (nSPS) is 33.3. The summed E-state index contributed by atoms with van der Waals surface area (Å²) in [5.74, 6) is 0.217. The minimum atomic E-state index is -0.354. The second-order valence-electron chi connectivity index (χ2n) is 7.13. The Bertz CT molecular complexity index is 693. The lowest BCUT2D eigenvalue weighted by molar-refractivity contribution is -0.128. The van der Waals surface area contributed by atoms with Gasteiger partial charge in [-0.2, -0.15) is 0 Å². The number of amides is 3. The predicted molar refractivity (Wildman–Crippen MR) is 90.2 cm³/mol. The number of anilines is 1. The van der Waals surface area contributed by atoms with E-state index in [2.05, 4.69) is 58.5 Å². The Labute approximate surface area is 141 Å². The summed E-state index contributed by atoms with van der Waals surface area (Å²) >= 11 is 0. The van der Waals surface area contributed by atoms with E-state index in [1.165, 1.54) is 5.56 Å². The molecule has 3 aliphatic heterocycles. The lowest BCUT2D eigenvalue weighted by atomic mass is 10.0. The molecule has 7 heteroatoms. The van der Waals surface area contributed by atoms with Crippen LogP contribution in [0.15, 0.2) is 24.3 Å². The van der Waals surface area contributed by atoms with Crippen molar-refractivity contribution in [3.63, 3.8) is 0 Å². The number of likely N-dealkylation sites (N-methyl/N-ethyl adjacent to an activating group) is 1. The summed E-state index contributed by atoms with van der Waals surface area (Å²) in [6.07, 6.45) is -0.383. The van der Waals surface area contributed by atoms with Gasteiger partial charge in [-0.15, -0.1) is 0 Å². The van der Waals surface area contributed by atoms with Crippen LogP contribution in [0.3, 0.4) is 0 Å². The van der Waals surface area contributed by atoms with Crippen LogP contribution < -0.4 is 15.5 Å². The van der Waals surface area contributed by atoms with E-state index in [1.54, 1.807) is 11.9 Å². The maximum atomic E-state index is 12.4. The number of imide groups is 1. The molecule has 128 valence electrons. The van der Waals surface area contributed by atoms with Crippen LogP contribution in [-0.4, -0.2) is 60.4 Å². The molecule has 0 spiro atoms. The van der Waals surface area contributed by atoms with Gasteiger partial charge < -0.3 is 9.80 Å². The molecule has 3 aliphatic rings. The minimum absolute atomic E-state index is 0.0860. The fraction of sp³-hybridized carbons (Fsp3) is 0.529. The van der Waals surface area contributed by atoms with Crippen molar-refractivity contribution in [2.24, 2.45) is 5.92 Å². The fourth-order valence-electron chi connectivity index (χ4n) is 4.07. The van der Waals surface area contributed by atoms with Crippen LogP contribution in [0.1, 0.15) is 12.5 Å². The topological polar surface area (TPSA) is 67.9 Å². The van der Waals surface area contributed by atoms with Gasteiger partial charge in [0.2, 0.25) is 5.91 Å². The van der Waals surface area contributed by atoms with Crippen molar-refractivity contribution in [1.82, 2.24) is 20.4 Å². The van der Waals surface area contributed by atoms with Crippen molar-refractivity contribution < 1.29 is 9.59 Å². The van der Waals surface area contributed by atoms with E-state index >= 15 is 0 Å². The van der Waals surface area contributed by atoms with Crippen LogP contribution in [0, 0.1) is 12.8 Å². The van der Waals surface area contributed by atoms with E-state index in [9.17, 15) is 9.59 Å². The Morgan fingerprint density at radius 1 is 1.21 bits per heavy atom. The zero-order chi connectivity index (χ0) is 17.0. The predicted octanol–water partition coefficient (Wildman–Crippen LogP) is 0.516. The number of rotatable bonds is 1. The Morgan fingerprint density at radius 2 is 2.00 bits per heavy atom. The number of nitrogens with one attached hydrogen (secondary N) is 2. The van der Waals surface area contributed by atoms with Crippen molar-refractivity contribution in [3.8, 4) is 0 Å². The molecule has 3 heterocycles. The zero-order valence-electron chi connectivity index (χ0n) is 14.2. The first-order valence-electron chi connectivity index (χ1n) is 8.38. The molecular formula is C17H23N5O2. The molecule has 3 saturated heterocycles. The lowest BCUT2D eigenvalue weighted by Gasteiger charge is -2.45. The largest absolute Gasteiger partial charge is 0.343 e. The third kappa shape index (κ3) is 2.27. The second kappa shape index (κ2) is 5.46. The van der Waals surface area contributed by atoms with Crippen molar-refractivity contribution in [2.75, 3.05) is 25.0 Å². The highest BCUT2D eigenvalue weighted by molar-refractivity contribution is 6.00. The van der Waals surface area contributed by atoms with Crippen LogP contribution in [0.25, 0.3) is 0 Å². The van der Waals surface area contributed by atoms with E-state index in [4.69, 9.17) is 0 Å². The third-order valence-electron chi connectivity index (χ3n) is 5.19. The summed E-state index contributed by atoms with van der Waals surface area (Å²) in [5, 5.41) is 5.95. The quantitative estimate of drug-likeness (QED) is 0.786. The van der Waals surface area contributed by atoms with Crippen LogP contribution >= 0.6 is 0 Å². The summed E-state index contributed by atoms with van der Waals surface area (Å²) in [5.41, 5.74) is 2.34. The van der Waals surface area contributed by atoms with Crippen molar-refractivity contribution in [2.45, 2.75) is 32.3 Å². The SMILES string of the molecule is Cc1cccc(N2CC(C)CN3C4C(=O)NC(=O)N(C)C4NC23)c1. The van der Waals surface area contributed by atoms with Gasteiger partial charge in [-0.05, 0) is 30.5 Å². The zero-order valence-corrected chi connectivity index (χ0v) is 14.2. The number of benzene rings is 1. The molecule has 3 fully saturated rings. The smallest absolute Gasteiger partial charge is 0.325 e. The molecule has 7 nitrogen and oxygen atoms in total. The first-order valence-corrected chi connectivity index (χ1v) is 8.38. The highest BCUT2D eigenvalue weighted by Crippen LogP contribution is 2.32. The van der Waals surface area contributed by atoms with Crippen molar-refractivity contribution >= 4 is 17.6 Å². The second-order valence-corrected chi connectivity index (χ2v) is 7.13. The number of hydrogen-bond donors (Lipinski definition) is 2. The summed E-state index contributed by atoms with van der Waals surface area (Å²) in [6, 6.07) is 7.70. The monoisotopic (exact) mass is 329 g/mol. The van der Waals surface area contributed by atoms with Crippen LogP contribution in [-0.2, 0) is 4.79 Å². The summed E-state index contributed by atoms with van der Waals surface area (Å²) in [7, 11) is 1.73. The van der Waals surface area contributed by atoms with Gasteiger partial charge in [0.05, 0.1) is 0 Å². The number of hydrogen-bond acceptors (Lipinski definition) is 5. The molecule has 0 bridgehead atoms. The van der Waals surface area contributed by atoms with Gasteiger partial charge >= 0.3 is 6.03 Å². The number of carbonyl (C=O) groups excluding carboxylic acids is 2. The highest BCUT2D eigenvalue weighted by atomic mass is 16.2. The van der Waals surface area contributed by atoms with Gasteiger partial charge in [-0.3, -0.25) is 20.3 Å². The third-order valence-corrected chi connectivity index (χ3v) is 5.19. The molecule has 3 amide bonds. The maximum Gasteiger partial charge on any atom is 0.325 e. The number of carbonyl (C=O) groups is 2. The summed E-state index contributed by atoms with van der Waals surface area (Å²) in [6.45, 7) is 6.02. The number of nitrogens with zero attached hydrogens (tertiary/aromatic N) is 3. The Hall–Kier alpha value is -2.12. The molecule has 24 heavy (non-hydrogen) atoms. The average Bonchev–Trinajstić information content (AvgIpc) is 2.91. The summed E-state index contributed by atoms with van der Waals surface area (Å²) in [4.78, 5) is 30.4. The van der Waals surface area contributed by atoms with E-state index in [0.717, 1.165) is 18.8 Å². The molecule has 0 aromatic heterocycles. The van der Waals surface area contributed by atoms with Gasteiger partial charge in [0.25, 0.3) is 0 Å². The van der Waals surface area contributed by atoms with Crippen LogP contribution in [0.2, 0.25) is 0 Å². The highest BCUT2D eigenvalue weighted by Gasteiger charge is 2.54. The van der Waals surface area contributed by atoms with E-state index in [0.29, 0.717) is 5.92 Å². The maximum absolute atomic E-state index is 12.4. The van der Waals surface area contributed by atoms with Crippen LogP contribution in [0.4, 0.5) is 10.5 Å². The van der Waals surface area contributed by atoms with Crippen molar-refractivity contribution in [1.29, 1.82) is 0 Å². The molecule has 0 radical (unpaired) electrons. The van der Waals surface area contributed by atoms with Gasteiger partial charge in [0, 0.05) is 25.8 Å². The van der Waals surface area contributed by atoms with Gasteiger partial charge in [0.1, 0.15) is 18.5 Å². The first kappa shape index (κ1) is 15.4. The molecule has 0 aliphatic carbocycles. The Kier molecular flexibility index (Phi) is 3.51. The van der Waals surface area contributed by atoms with E-state index in [-0.39, 0.29) is 30.4 Å². The molecule has 1 aromatic carbocycles. The average molecular weight is 329 g/mol. The first-order chi connectivity index (χ1) is 11.5. The molecule has 1 aromatic rings. The van der Waals surface area contributed by atoms with Crippen molar-refractivity contribution in [3.05, 3.63) is 29.8 Å². The van der Waals surface area contributed by atoms with Gasteiger partial charge in [0.15, 0.2) is 0 Å². The van der Waals surface area contributed by atoms with E-state index < -0.39 is 0 Å². The molecule has 0 saturated carbocycles. The molecule has 2 N–H and O–H groups in total. The molecular weight excluding hydrogens is 306 g/mol. The lowest BCUT2D eigenvalue weighted by Crippen LogP contribution is -2.65. The van der Waals surface area contributed by atoms with Crippen LogP contribution in [0.5, 0.6) is 0 Å². The Balaban J connectivity index is 1.70. The number of aryl methyl sites for hydroxylation is 1. The summed E-state index contributed by atoms with van der Waals surface area (Å²) < 4.78 is 0. The molecule has 4 unspecified atom stereocenters. The van der Waals surface area contributed by atoms with Gasteiger partial charge in [-0.25, -0.2) is 4.79 Å². The number of urea groups is 1. The van der Waals surface area contributed by atoms with E-state index in [1.807, 2.05) is 0 Å².